The largest absolute Gasteiger partial charge is 0.481 e. The Kier molecular flexibility index (Phi) is 4.45. The van der Waals surface area contributed by atoms with E-state index in [2.05, 4.69) is 20.3 Å². The molecule has 0 fully saturated rings. The second kappa shape index (κ2) is 7.21. The van der Waals surface area contributed by atoms with Crippen molar-refractivity contribution >= 4 is 22.5 Å². The molecule has 4 aromatic rings. The Morgan fingerprint density at radius 1 is 1.04 bits per heavy atom. The minimum atomic E-state index is -0.226. The average Bonchev–Trinajstić information content (AvgIpc) is 2.74. The van der Waals surface area contributed by atoms with Crippen molar-refractivity contribution in [3.63, 3.8) is 0 Å². The van der Waals surface area contributed by atoms with Crippen LogP contribution in [-0.2, 0) is 0 Å². The number of hydrogen-bond donors (Lipinski definition) is 1. The fraction of sp³-hybridized carbons (Fsp3) is 0.0476. The van der Waals surface area contributed by atoms with Crippen molar-refractivity contribution in [1.29, 1.82) is 0 Å². The normalized spacial score (nSPS) is 10.6. The van der Waals surface area contributed by atoms with E-state index < -0.39 is 0 Å². The second-order valence-electron chi connectivity index (χ2n) is 5.85. The molecule has 0 bridgehead atoms. The summed E-state index contributed by atoms with van der Waals surface area (Å²) in [6.45, 7) is 0. The fourth-order valence-corrected chi connectivity index (χ4v) is 2.81. The first kappa shape index (κ1) is 16.7. The van der Waals surface area contributed by atoms with Crippen LogP contribution >= 0.6 is 0 Å². The third-order valence-corrected chi connectivity index (χ3v) is 4.14. The Bertz CT molecular complexity index is 1100. The van der Waals surface area contributed by atoms with Crippen molar-refractivity contribution in [3.05, 3.63) is 78.8 Å². The molecule has 0 saturated heterocycles. The molecular formula is C21H16N4O2. The lowest BCUT2D eigenvalue weighted by Crippen LogP contribution is -2.13. The molecule has 6 heteroatoms. The fourth-order valence-electron chi connectivity index (χ4n) is 2.81. The number of amides is 1. The summed E-state index contributed by atoms with van der Waals surface area (Å²) < 4.78 is 5.04. The van der Waals surface area contributed by atoms with Crippen molar-refractivity contribution in [2.75, 3.05) is 12.4 Å². The zero-order chi connectivity index (χ0) is 18.6. The summed E-state index contributed by atoms with van der Waals surface area (Å²) in [5.41, 5.74) is 3.50. The maximum atomic E-state index is 13.0. The van der Waals surface area contributed by atoms with Gasteiger partial charge in [0.1, 0.15) is 0 Å². The van der Waals surface area contributed by atoms with Crippen molar-refractivity contribution in [1.82, 2.24) is 15.0 Å². The van der Waals surface area contributed by atoms with Crippen LogP contribution in [0.1, 0.15) is 10.4 Å². The Morgan fingerprint density at radius 3 is 2.59 bits per heavy atom. The number of aromatic nitrogens is 3. The number of ether oxygens (including phenoxy) is 1. The number of fused-ring (bicyclic) bond motifs is 1. The van der Waals surface area contributed by atoms with Crippen LogP contribution in [0.25, 0.3) is 22.2 Å². The van der Waals surface area contributed by atoms with Gasteiger partial charge >= 0.3 is 0 Å². The van der Waals surface area contributed by atoms with E-state index >= 15 is 0 Å². The molecule has 0 atom stereocenters. The maximum Gasteiger partial charge on any atom is 0.256 e. The number of anilines is 1. The number of para-hydroxylation sites is 1. The molecule has 1 aromatic carbocycles. The Hall–Kier alpha value is -3.80. The summed E-state index contributed by atoms with van der Waals surface area (Å²) >= 11 is 0. The van der Waals surface area contributed by atoms with Crippen LogP contribution in [0.3, 0.4) is 0 Å². The molecule has 132 valence electrons. The van der Waals surface area contributed by atoms with Gasteiger partial charge in [0.2, 0.25) is 5.88 Å². The standard InChI is InChI=1S/C21H16N4O2/c1-27-20-7-6-15(13-23-20)24-21(26)17-12-19(14-8-10-22-11-9-14)25-18-5-3-2-4-16(17)18/h2-13H,1H3,(H,24,26). The highest BCUT2D eigenvalue weighted by Gasteiger charge is 2.14. The summed E-state index contributed by atoms with van der Waals surface area (Å²) in [6.07, 6.45) is 4.97. The summed E-state index contributed by atoms with van der Waals surface area (Å²) in [7, 11) is 1.55. The molecule has 27 heavy (non-hydrogen) atoms. The predicted molar refractivity (Wildman–Crippen MR) is 104 cm³/mol. The number of carbonyl (C=O) groups is 1. The molecule has 0 aliphatic heterocycles. The molecule has 3 heterocycles. The van der Waals surface area contributed by atoms with Gasteiger partial charge in [-0.25, -0.2) is 9.97 Å². The first-order valence-electron chi connectivity index (χ1n) is 8.36. The number of rotatable bonds is 4. The van der Waals surface area contributed by atoms with Gasteiger partial charge in [-0.3, -0.25) is 9.78 Å². The molecule has 0 unspecified atom stereocenters. The molecule has 3 aromatic heterocycles. The number of hydrogen-bond acceptors (Lipinski definition) is 5. The van der Waals surface area contributed by atoms with Crippen molar-refractivity contribution < 1.29 is 9.53 Å². The third-order valence-electron chi connectivity index (χ3n) is 4.14. The number of benzene rings is 1. The number of nitrogens with one attached hydrogen (secondary N) is 1. The van der Waals surface area contributed by atoms with Crippen LogP contribution < -0.4 is 10.1 Å². The van der Waals surface area contributed by atoms with Gasteiger partial charge in [0, 0.05) is 29.4 Å². The lowest BCUT2D eigenvalue weighted by atomic mass is 10.0. The minimum absolute atomic E-state index is 0.226. The van der Waals surface area contributed by atoms with Crippen molar-refractivity contribution in [2.45, 2.75) is 0 Å². The van der Waals surface area contributed by atoms with Crippen molar-refractivity contribution in [2.24, 2.45) is 0 Å². The molecular weight excluding hydrogens is 340 g/mol. The number of pyridine rings is 3. The lowest BCUT2D eigenvalue weighted by molar-refractivity contribution is 0.102. The summed E-state index contributed by atoms with van der Waals surface area (Å²) in [6, 6.07) is 16.6. The molecule has 6 nitrogen and oxygen atoms in total. The van der Waals surface area contributed by atoms with E-state index in [4.69, 9.17) is 4.74 Å². The lowest BCUT2D eigenvalue weighted by Gasteiger charge is -2.11. The monoisotopic (exact) mass is 356 g/mol. The molecule has 1 amide bonds. The molecule has 0 aliphatic carbocycles. The van der Waals surface area contributed by atoms with E-state index in [1.165, 1.54) is 0 Å². The van der Waals surface area contributed by atoms with Crippen molar-refractivity contribution in [3.8, 4) is 17.1 Å². The topological polar surface area (TPSA) is 77.0 Å². The highest BCUT2D eigenvalue weighted by Crippen LogP contribution is 2.25. The summed E-state index contributed by atoms with van der Waals surface area (Å²) in [5.74, 6) is 0.262. The van der Waals surface area contributed by atoms with Gasteiger partial charge in [0.15, 0.2) is 0 Å². The molecule has 4 rings (SSSR count). The third kappa shape index (κ3) is 3.46. The predicted octanol–water partition coefficient (Wildman–Crippen LogP) is 3.95. The zero-order valence-corrected chi connectivity index (χ0v) is 14.6. The smallest absolute Gasteiger partial charge is 0.256 e. The van der Waals surface area contributed by atoms with Gasteiger partial charge in [-0.2, -0.15) is 0 Å². The van der Waals surface area contributed by atoms with Gasteiger partial charge in [0.05, 0.1) is 35.8 Å². The number of nitrogens with zero attached hydrogens (tertiary/aromatic N) is 3. The van der Waals surface area contributed by atoms with E-state index in [9.17, 15) is 4.79 Å². The van der Waals surface area contributed by atoms with E-state index in [1.54, 1.807) is 43.9 Å². The first-order valence-corrected chi connectivity index (χ1v) is 8.36. The first-order chi connectivity index (χ1) is 13.2. The van der Waals surface area contributed by atoms with E-state index in [1.807, 2.05) is 36.4 Å². The van der Waals surface area contributed by atoms with Gasteiger partial charge in [-0.1, -0.05) is 18.2 Å². The highest BCUT2D eigenvalue weighted by atomic mass is 16.5. The van der Waals surface area contributed by atoms with Crippen LogP contribution in [-0.4, -0.2) is 28.0 Å². The molecule has 0 spiro atoms. The molecule has 0 saturated carbocycles. The van der Waals surface area contributed by atoms with Crippen LogP contribution in [0.5, 0.6) is 5.88 Å². The second-order valence-corrected chi connectivity index (χ2v) is 5.85. The minimum Gasteiger partial charge on any atom is -0.481 e. The van der Waals surface area contributed by atoms with Gasteiger partial charge in [0.25, 0.3) is 5.91 Å². The molecule has 0 aliphatic rings. The SMILES string of the molecule is COc1ccc(NC(=O)c2cc(-c3ccncc3)nc3ccccc23)cn1. The summed E-state index contributed by atoms with van der Waals surface area (Å²) in [4.78, 5) is 25.8. The number of methoxy groups -OCH3 is 1. The highest BCUT2D eigenvalue weighted by molar-refractivity contribution is 6.13. The van der Waals surface area contributed by atoms with Crippen LogP contribution in [0.4, 0.5) is 5.69 Å². The zero-order valence-electron chi connectivity index (χ0n) is 14.6. The quantitative estimate of drug-likeness (QED) is 0.599. The summed E-state index contributed by atoms with van der Waals surface area (Å²) in [5, 5.41) is 3.67. The van der Waals surface area contributed by atoms with Gasteiger partial charge in [-0.05, 0) is 30.3 Å². The maximum absolute atomic E-state index is 13.0. The Morgan fingerprint density at radius 2 is 1.85 bits per heavy atom. The van der Waals surface area contributed by atoms with E-state index in [-0.39, 0.29) is 5.91 Å². The van der Waals surface area contributed by atoms with Crippen LogP contribution in [0.15, 0.2) is 73.2 Å². The van der Waals surface area contributed by atoms with Gasteiger partial charge < -0.3 is 10.1 Å². The molecule has 0 radical (unpaired) electrons. The van der Waals surface area contributed by atoms with Gasteiger partial charge in [-0.15, -0.1) is 0 Å². The Labute approximate surface area is 155 Å². The van der Waals surface area contributed by atoms with E-state index in [0.29, 0.717) is 22.8 Å². The van der Waals surface area contributed by atoms with Crippen LogP contribution in [0.2, 0.25) is 0 Å². The number of carbonyl (C=O) groups excluding carboxylic acids is 1. The average molecular weight is 356 g/mol. The van der Waals surface area contributed by atoms with E-state index in [0.717, 1.165) is 16.5 Å². The Balaban J connectivity index is 1.75. The van der Waals surface area contributed by atoms with Crippen LogP contribution in [0, 0.1) is 0 Å². The molecule has 1 N–H and O–H groups in total.